The van der Waals surface area contributed by atoms with Gasteiger partial charge in [0.2, 0.25) is 5.91 Å². The number of hydrogen-bond donors (Lipinski definition) is 0. The first kappa shape index (κ1) is 20.7. The topological polar surface area (TPSA) is 71.1 Å². The second-order valence-corrected chi connectivity index (χ2v) is 8.47. The van der Waals surface area contributed by atoms with E-state index in [9.17, 15) is 4.79 Å². The summed E-state index contributed by atoms with van der Waals surface area (Å²) in [5.74, 6) is 0.585. The van der Waals surface area contributed by atoms with Crippen LogP contribution in [0.1, 0.15) is 16.9 Å². The predicted molar refractivity (Wildman–Crippen MR) is 120 cm³/mol. The van der Waals surface area contributed by atoms with Crippen molar-refractivity contribution in [3.8, 4) is 0 Å². The van der Waals surface area contributed by atoms with Crippen molar-refractivity contribution in [1.82, 2.24) is 9.88 Å². The highest BCUT2D eigenvalue weighted by Crippen LogP contribution is 2.33. The monoisotopic (exact) mass is 458 g/mol. The fraction of sp³-hybridized carbons (Fsp3) is 0.143. The van der Waals surface area contributed by atoms with E-state index in [1.54, 1.807) is 54.0 Å². The third kappa shape index (κ3) is 4.92. The van der Waals surface area contributed by atoms with Gasteiger partial charge in [-0.1, -0.05) is 35.0 Å². The van der Waals surface area contributed by atoms with E-state index in [4.69, 9.17) is 27.6 Å². The molecule has 6 nitrogen and oxygen atoms in total. The van der Waals surface area contributed by atoms with Crippen LogP contribution in [0.2, 0.25) is 10.0 Å². The summed E-state index contributed by atoms with van der Waals surface area (Å²) in [5.41, 5.74) is 1.68. The van der Waals surface area contributed by atoms with Gasteiger partial charge in [0, 0.05) is 22.4 Å². The molecule has 1 fully saturated rings. The molecular formula is C21H16Cl2N4O2S. The Balaban J connectivity index is 1.57. The molecule has 152 valence electrons. The second kappa shape index (κ2) is 9.47. The molecule has 3 aromatic rings. The van der Waals surface area contributed by atoms with E-state index in [1.165, 1.54) is 11.8 Å². The molecule has 1 amide bonds. The number of rotatable bonds is 6. The first-order valence-corrected chi connectivity index (χ1v) is 10.7. The number of halogens is 2. The maximum absolute atomic E-state index is 13.1. The number of amidine groups is 1. The van der Waals surface area contributed by atoms with E-state index in [0.29, 0.717) is 27.4 Å². The van der Waals surface area contributed by atoms with Crippen LogP contribution in [0.5, 0.6) is 0 Å². The number of thioether (sulfide) groups is 1. The molecule has 0 radical (unpaired) electrons. The Morgan fingerprint density at radius 3 is 2.80 bits per heavy atom. The Labute approximate surface area is 187 Å². The van der Waals surface area contributed by atoms with Crippen LogP contribution >= 0.6 is 35.0 Å². The Morgan fingerprint density at radius 2 is 2.03 bits per heavy atom. The normalized spacial score (nSPS) is 18.1. The fourth-order valence-corrected chi connectivity index (χ4v) is 4.42. The molecule has 1 aromatic carbocycles. The summed E-state index contributed by atoms with van der Waals surface area (Å²) >= 11 is 13.7. The quantitative estimate of drug-likeness (QED) is 0.382. The van der Waals surface area contributed by atoms with Crippen molar-refractivity contribution in [3.05, 3.63) is 88.1 Å². The summed E-state index contributed by atoms with van der Waals surface area (Å²) in [5, 5.41) is 9.72. The maximum atomic E-state index is 13.1. The van der Waals surface area contributed by atoms with Crippen LogP contribution < -0.4 is 0 Å². The molecule has 0 bridgehead atoms. The lowest BCUT2D eigenvalue weighted by Gasteiger charge is -2.14. The number of amides is 1. The molecule has 1 aliphatic heterocycles. The zero-order chi connectivity index (χ0) is 20.9. The number of furan rings is 1. The van der Waals surface area contributed by atoms with E-state index in [-0.39, 0.29) is 17.7 Å². The molecule has 0 aliphatic carbocycles. The maximum Gasteiger partial charge on any atom is 0.242 e. The Kier molecular flexibility index (Phi) is 6.52. The Hall–Kier alpha value is -2.61. The Morgan fingerprint density at radius 1 is 1.20 bits per heavy atom. The fourth-order valence-electron chi connectivity index (χ4n) is 2.91. The third-order valence-corrected chi connectivity index (χ3v) is 6.15. The van der Waals surface area contributed by atoms with E-state index < -0.39 is 0 Å². The summed E-state index contributed by atoms with van der Waals surface area (Å²) in [6.45, 7) is 0.280. The summed E-state index contributed by atoms with van der Waals surface area (Å²) in [6.07, 6.45) is 6.98. The van der Waals surface area contributed by atoms with Crippen LogP contribution in [0.4, 0.5) is 0 Å². The average molecular weight is 459 g/mol. The van der Waals surface area contributed by atoms with Gasteiger partial charge in [-0.25, -0.2) is 0 Å². The lowest BCUT2D eigenvalue weighted by Crippen LogP contribution is -2.32. The summed E-state index contributed by atoms with van der Waals surface area (Å²) in [4.78, 5) is 18.7. The minimum atomic E-state index is -0.384. The van der Waals surface area contributed by atoms with Gasteiger partial charge >= 0.3 is 0 Å². The van der Waals surface area contributed by atoms with Gasteiger partial charge in [-0.15, -0.1) is 5.10 Å². The standard InChI is InChI=1S/C21H16Cl2N4O2S/c22-16-3-4-18(23)15(10-16)11-19-20(28)27(13-17-2-1-9-29-17)21(30-19)26-25-12-14-5-7-24-8-6-14/h1-10,12,19H,11,13H2/b25-12-,26-21-/t19-/m1/s1. The first-order chi connectivity index (χ1) is 14.6. The van der Waals surface area contributed by atoms with Crippen LogP contribution in [0.15, 0.2) is 75.7 Å². The molecule has 0 saturated carbocycles. The van der Waals surface area contributed by atoms with Crippen LogP contribution in [0.3, 0.4) is 0 Å². The van der Waals surface area contributed by atoms with Gasteiger partial charge in [0.1, 0.15) is 5.76 Å². The highest BCUT2D eigenvalue weighted by molar-refractivity contribution is 8.15. The molecule has 0 N–H and O–H groups in total. The van der Waals surface area contributed by atoms with Crippen molar-refractivity contribution >= 4 is 52.3 Å². The number of carbonyl (C=O) groups excluding carboxylic acids is 1. The average Bonchev–Trinajstić information content (AvgIpc) is 3.36. The highest BCUT2D eigenvalue weighted by atomic mass is 35.5. The summed E-state index contributed by atoms with van der Waals surface area (Å²) in [6, 6.07) is 12.5. The SMILES string of the molecule is O=C1[C@@H](Cc2cc(Cl)ccc2Cl)S/C(=N\N=C/c2ccncc2)N1Cc1ccco1. The lowest BCUT2D eigenvalue weighted by molar-refractivity contribution is -0.126. The van der Waals surface area contributed by atoms with Crippen molar-refractivity contribution in [2.75, 3.05) is 0 Å². The van der Waals surface area contributed by atoms with Crippen molar-refractivity contribution in [2.45, 2.75) is 18.2 Å². The zero-order valence-electron chi connectivity index (χ0n) is 15.6. The zero-order valence-corrected chi connectivity index (χ0v) is 17.9. The van der Waals surface area contributed by atoms with Crippen molar-refractivity contribution < 1.29 is 9.21 Å². The lowest BCUT2D eigenvalue weighted by atomic mass is 10.1. The number of nitrogens with zero attached hydrogens (tertiary/aromatic N) is 4. The van der Waals surface area contributed by atoms with Crippen LogP contribution in [-0.2, 0) is 17.8 Å². The first-order valence-electron chi connectivity index (χ1n) is 9.05. The van der Waals surface area contributed by atoms with E-state index >= 15 is 0 Å². The van der Waals surface area contributed by atoms with Gasteiger partial charge in [0.25, 0.3) is 0 Å². The summed E-state index contributed by atoms with van der Waals surface area (Å²) < 4.78 is 5.41. The molecule has 2 aromatic heterocycles. The van der Waals surface area contributed by atoms with Gasteiger partial charge in [0.15, 0.2) is 5.17 Å². The third-order valence-electron chi connectivity index (χ3n) is 4.38. The molecule has 0 unspecified atom stereocenters. The predicted octanol–water partition coefficient (Wildman–Crippen LogP) is 5.06. The molecule has 0 spiro atoms. The highest BCUT2D eigenvalue weighted by Gasteiger charge is 2.39. The van der Waals surface area contributed by atoms with Crippen LogP contribution in [0, 0.1) is 0 Å². The molecule has 1 saturated heterocycles. The van der Waals surface area contributed by atoms with Crippen LogP contribution in [-0.4, -0.2) is 32.4 Å². The minimum absolute atomic E-state index is 0.0784. The molecule has 30 heavy (non-hydrogen) atoms. The van der Waals surface area contributed by atoms with Gasteiger partial charge in [-0.2, -0.15) is 5.10 Å². The number of carbonyl (C=O) groups is 1. The van der Waals surface area contributed by atoms with Gasteiger partial charge in [-0.05, 0) is 60.0 Å². The van der Waals surface area contributed by atoms with Gasteiger partial charge < -0.3 is 4.42 Å². The minimum Gasteiger partial charge on any atom is -0.467 e. The van der Waals surface area contributed by atoms with Crippen molar-refractivity contribution in [1.29, 1.82) is 0 Å². The molecule has 3 heterocycles. The van der Waals surface area contributed by atoms with E-state index in [2.05, 4.69) is 15.2 Å². The smallest absolute Gasteiger partial charge is 0.242 e. The Bertz CT molecular complexity index is 1090. The number of benzene rings is 1. The molecular weight excluding hydrogens is 443 g/mol. The van der Waals surface area contributed by atoms with E-state index in [0.717, 1.165) is 11.1 Å². The molecule has 4 rings (SSSR count). The van der Waals surface area contributed by atoms with Gasteiger partial charge in [-0.3, -0.25) is 14.7 Å². The second-order valence-electron chi connectivity index (χ2n) is 6.46. The molecule has 9 heteroatoms. The number of pyridine rings is 1. The van der Waals surface area contributed by atoms with E-state index in [1.807, 2.05) is 18.2 Å². The number of hydrogen-bond acceptors (Lipinski definition) is 6. The van der Waals surface area contributed by atoms with Crippen molar-refractivity contribution in [3.63, 3.8) is 0 Å². The van der Waals surface area contributed by atoms with Crippen molar-refractivity contribution in [2.24, 2.45) is 10.2 Å². The van der Waals surface area contributed by atoms with Gasteiger partial charge in [0.05, 0.1) is 24.3 Å². The summed E-state index contributed by atoms with van der Waals surface area (Å²) in [7, 11) is 0. The largest absolute Gasteiger partial charge is 0.467 e. The van der Waals surface area contributed by atoms with Crippen LogP contribution in [0.25, 0.3) is 0 Å². The molecule has 1 atom stereocenters. The number of aromatic nitrogens is 1. The molecule has 1 aliphatic rings.